The summed E-state index contributed by atoms with van der Waals surface area (Å²) in [4.78, 5) is 4.36. The van der Waals surface area contributed by atoms with Crippen molar-refractivity contribution in [3.63, 3.8) is 0 Å². The lowest BCUT2D eigenvalue weighted by molar-refractivity contribution is 0.677. The van der Waals surface area contributed by atoms with E-state index >= 15 is 0 Å². The molecular formula is C15H11Cl2N3S. The van der Waals surface area contributed by atoms with E-state index in [9.17, 15) is 0 Å². The van der Waals surface area contributed by atoms with Gasteiger partial charge in [0.2, 0.25) is 4.77 Å². The van der Waals surface area contributed by atoms with E-state index in [4.69, 9.17) is 35.4 Å². The Kier molecular flexibility index (Phi) is 4.10. The van der Waals surface area contributed by atoms with Gasteiger partial charge in [-0.2, -0.15) is 4.98 Å². The highest BCUT2D eigenvalue weighted by molar-refractivity contribution is 7.71. The highest BCUT2D eigenvalue weighted by Crippen LogP contribution is 2.28. The number of hydrogen-bond donors (Lipinski definition) is 1. The fourth-order valence-electron chi connectivity index (χ4n) is 2.03. The highest BCUT2D eigenvalue weighted by atomic mass is 35.5. The number of nitrogens with zero attached hydrogens (tertiary/aromatic N) is 2. The molecule has 1 aromatic heterocycles. The van der Waals surface area contributed by atoms with Crippen molar-refractivity contribution in [1.29, 1.82) is 0 Å². The fourth-order valence-corrected chi connectivity index (χ4v) is 2.73. The lowest BCUT2D eigenvalue weighted by atomic mass is 10.2. The summed E-state index contributed by atoms with van der Waals surface area (Å²) < 4.78 is 2.30. The van der Waals surface area contributed by atoms with Gasteiger partial charge in [0.1, 0.15) is 0 Å². The van der Waals surface area contributed by atoms with Crippen molar-refractivity contribution in [3.05, 3.63) is 68.9 Å². The van der Waals surface area contributed by atoms with Gasteiger partial charge in [-0.1, -0.05) is 53.5 Å². The smallest absolute Gasteiger partial charge is 0.216 e. The maximum absolute atomic E-state index is 6.20. The summed E-state index contributed by atoms with van der Waals surface area (Å²) in [6, 6.07) is 15.3. The van der Waals surface area contributed by atoms with E-state index in [-0.39, 0.29) is 0 Å². The topological polar surface area (TPSA) is 33.6 Å². The third kappa shape index (κ3) is 3.18. The maximum Gasteiger partial charge on any atom is 0.216 e. The van der Waals surface area contributed by atoms with Crippen LogP contribution in [-0.2, 0) is 6.54 Å². The van der Waals surface area contributed by atoms with Gasteiger partial charge in [-0.15, -0.1) is 0 Å². The largest absolute Gasteiger partial charge is 0.279 e. The minimum absolute atomic E-state index is 0.486. The molecule has 0 atom stereocenters. The molecule has 21 heavy (non-hydrogen) atoms. The molecule has 0 radical (unpaired) electrons. The van der Waals surface area contributed by atoms with Gasteiger partial charge >= 0.3 is 0 Å². The van der Waals surface area contributed by atoms with Crippen LogP contribution >= 0.6 is 35.4 Å². The summed E-state index contributed by atoms with van der Waals surface area (Å²) in [6.45, 7) is 0.637. The molecule has 1 N–H and O–H groups in total. The van der Waals surface area contributed by atoms with E-state index in [0.717, 1.165) is 11.1 Å². The van der Waals surface area contributed by atoms with Crippen LogP contribution in [0.4, 0.5) is 0 Å². The predicted molar refractivity (Wildman–Crippen MR) is 88.4 cm³/mol. The van der Waals surface area contributed by atoms with Crippen molar-refractivity contribution in [3.8, 4) is 11.4 Å². The van der Waals surface area contributed by atoms with Gasteiger partial charge in [0, 0.05) is 10.6 Å². The molecule has 0 spiro atoms. The fraction of sp³-hybridized carbons (Fsp3) is 0.0667. The summed E-state index contributed by atoms with van der Waals surface area (Å²) in [5.41, 5.74) is 1.92. The summed E-state index contributed by atoms with van der Waals surface area (Å²) in [5, 5.41) is 4.31. The van der Waals surface area contributed by atoms with Crippen LogP contribution in [0.2, 0.25) is 10.0 Å². The first-order valence-corrected chi connectivity index (χ1v) is 7.46. The second-order valence-electron chi connectivity index (χ2n) is 4.55. The van der Waals surface area contributed by atoms with E-state index in [1.807, 2.05) is 41.1 Å². The summed E-state index contributed by atoms with van der Waals surface area (Å²) in [7, 11) is 0. The number of nitrogens with one attached hydrogen (secondary N) is 1. The third-order valence-corrected chi connectivity index (χ3v) is 3.91. The maximum atomic E-state index is 6.20. The first kappa shape index (κ1) is 14.3. The van der Waals surface area contributed by atoms with Gasteiger partial charge in [-0.05, 0) is 36.0 Å². The molecule has 6 heteroatoms. The van der Waals surface area contributed by atoms with E-state index in [1.54, 1.807) is 12.1 Å². The van der Waals surface area contributed by atoms with Crippen molar-refractivity contribution in [1.82, 2.24) is 14.8 Å². The molecule has 0 unspecified atom stereocenters. The summed E-state index contributed by atoms with van der Waals surface area (Å²) in [5.74, 6) is 0.637. The second-order valence-corrected chi connectivity index (χ2v) is 5.76. The van der Waals surface area contributed by atoms with Crippen molar-refractivity contribution in [2.45, 2.75) is 6.54 Å². The first-order valence-electron chi connectivity index (χ1n) is 6.30. The molecule has 0 amide bonds. The van der Waals surface area contributed by atoms with Crippen molar-refractivity contribution < 1.29 is 0 Å². The van der Waals surface area contributed by atoms with Gasteiger partial charge in [-0.25, -0.2) is 0 Å². The number of aromatic amines is 1. The molecule has 3 aromatic rings. The molecule has 0 bridgehead atoms. The van der Waals surface area contributed by atoms with Gasteiger partial charge in [0.25, 0.3) is 0 Å². The lowest BCUT2D eigenvalue weighted by Crippen LogP contribution is -2.01. The number of aromatic nitrogens is 3. The predicted octanol–water partition coefficient (Wildman–Crippen LogP) is 4.96. The van der Waals surface area contributed by atoms with E-state index in [1.165, 1.54) is 0 Å². The Morgan fingerprint density at radius 1 is 1.10 bits per heavy atom. The van der Waals surface area contributed by atoms with Crippen LogP contribution in [0.3, 0.4) is 0 Å². The average molecular weight is 336 g/mol. The van der Waals surface area contributed by atoms with E-state index in [0.29, 0.717) is 27.2 Å². The Morgan fingerprint density at radius 2 is 1.86 bits per heavy atom. The van der Waals surface area contributed by atoms with Gasteiger partial charge < -0.3 is 0 Å². The zero-order valence-corrected chi connectivity index (χ0v) is 13.2. The van der Waals surface area contributed by atoms with Crippen LogP contribution in [0.15, 0.2) is 48.5 Å². The number of H-pyrrole nitrogens is 1. The van der Waals surface area contributed by atoms with Crippen LogP contribution < -0.4 is 0 Å². The Hall–Kier alpha value is -1.62. The Morgan fingerprint density at radius 3 is 2.57 bits per heavy atom. The van der Waals surface area contributed by atoms with E-state index in [2.05, 4.69) is 10.1 Å². The molecule has 0 aliphatic rings. The number of benzene rings is 2. The molecule has 0 saturated heterocycles. The monoisotopic (exact) mass is 335 g/mol. The minimum atomic E-state index is 0.486. The van der Waals surface area contributed by atoms with Crippen LogP contribution in [0.5, 0.6) is 0 Å². The molecule has 0 saturated carbocycles. The number of hydrogen-bond acceptors (Lipinski definition) is 2. The average Bonchev–Trinajstić information content (AvgIpc) is 2.81. The van der Waals surface area contributed by atoms with Crippen LogP contribution in [0.1, 0.15) is 5.56 Å². The standard InChI is InChI=1S/C15H11Cl2N3S/c16-11-6-7-12(13(17)8-11)14-18-15(21)20(19-14)9-10-4-2-1-3-5-10/h1-8H,9H2,(H,18,19,21). The summed E-state index contributed by atoms with van der Waals surface area (Å²) >= 11 is 17.4. The van der Waals surface area contributed by atoms with Gasteiger partial charge in [0.05, 0.1) is 11.6 Å². The van der Waals surface area contributed by atoms with Crippen molar-refractivity contribution >= 4 is 35.4 Å². The van der Waals surface area contributed by atoms with Crippen LogP contribution in [-0.4, -0.2) is 14.8 Å². The van der Waals surface area contributed by atoms with Crippen molar-refractivity contribution in [2.75, 3.05) is 0 Å². The Labute approximate surface area is 137 Å². The second kappa shape index (κ2) is 6.02. The SMILES string of the molecule is S=c1nc(-c2ccc(Cl)cc2Cl)[nH]n1Cc1ccccc1. The molecule has 0 aliphatic carbocycles. The molecule has 106 valence electrons. The van der Waals surface area contributed by atoms with E-state index < -0.39 is 0 Å². The molecular weight excluding hydrogens is 325 g/mol. The number of halogens is 2. The molecule has 2 aromatic carbocycles. The molecule has 3 nitrogen and oxygen atoms in total. The molecule has 0 aliphatic heterocycles. The zero-order chi connectivity index (χ0) is 14.8. The molecule has 0 fully saturated rings. The van der Waals surface area contributed by atoms with Crippen molar-refractivity contribution in [2.24, 2.45) is 0 Å². The molecule has 3 rings (SSSR count). The minimum Gasteiger partial charge on any atom is -0.279 e. The normalized spacial score (nSPS) is 10.8. The summed E-state index contributed by atoms with van der Waals surface area (Å²) in [6.07, 6.45) is 0. The van der Waals surface area contributed by atoms with Crippen LogP contribution in [0, 0.1) is 4.77 Å². The van der Waals surface area contributed by atoms with Gasteiger partial charge in [0.15, 0.2) is 5.82 Å². The lowest BCUT2D eigenvalue weighted by Gasteiger charge is -2.03. The number of rotatable bonds is 3. The molecule has 1 heterocycles. The van der Waals surface area contributed by atoms with Gasteiger partial charge in [-0.3, -0.25) is 9.78 Å². The van der Waals surface area contributed by atoms with Crippen LogP contribution in [0.25, 0.3) is 11.4 Å². The highest BCUT2D eigenvalue weighted by Gasteiger charge is 2.09. The first-order chi connectivity index (χ1) is 10.1. The quantitative estimate of drug-likeness (QED) is 0.686. The third-order valence-electron chi connectivity index (χ3n) is 3.05. The Balaban J connectivity index is 1.96. The Bertz CT molecular complexity index is 824. The zero-order valence-electron chi connectivity index (χ0n) is 10.9.